The normalized spacial score (nSPS) is 19.1. The molecule has 0 amide bonds. The van der Waals surface area contributed by atoms with Gasteiger partial charge in [-0.1, -0.05) is 11.6 Å². The molecule has 3 heterocycles. The molecular weight excluding hydrogens is 333 g/mol. The van der Waals surface area contributed by atoms with Crippen molar-refractivity contribution in [3.05, 3.63) is 29.3 Å². The van der Waals surface area contributed by atoms with E-state index in [0.29, 0.717) is 18.9 Å². The quantitative estimate of drug-likeness (QED) is 0.905. The van der Waals surface area contributed by atoms with Gasteiger partial charge < -0.3 is 10.6 Å². The molecule has 0 spiro atoms. The summed E-state index contributed by atoms with van der Waals surface area (Å²) in [6, 6.07) is 0.793. The fourth-order valence-corrected chi connectivity index (χ4v) is 2.87. The van der Waals surface area contributed by atoms with E-state index in [2.05, 4.69) is 15.1 Å². The van der Waals surface area contributed by atoms with Crippen LogP contribution in [0.25, 0.3) is 0 Å². The molecule has 0 aliphatic carbocycles. The monoisotopic (exact) mass is 346 g/mol. The number of halogens is 4. The molecule has 2 N–H and O–H groups in total. The topological polar surface area (TPSA) is 72.9 Å². The zero-order valence-corrected chi connectivity index (χ0v) is 12.7. The summed E-state index contributed by atoms with van der Waals surface area (Å²) in [7, 11) is 0. The van der Waals surface area contributed by atoms with E-state index in [9.17, 15) is 13.2 Å². The van der Waals surface area contributed by atoms with E-state index in [1.165, 1.54) is 17.2 Å². The van der Waals surface area contributed by atoms with Crippen LogP contribution in [0.2, 0.25) is 5.02 Å². The van der Waals surface area contributed by atoms with Crippen LogP contribution in [0.3, 0.4) is 0 Å². The lowest BCUT2D eigenvalue weighted by atomic mass is 10.1. The molecule has 0 unspecified atom stereocenters. The smallest absolute Gasteiger partial charge is 0.382 e. The van der Waals surface area contributed by atoms with Gasteiger partial charge in [-0.3, -0.25) is 4.68 Å². The first kappa shape index (κ1) is 15.9. The number of aromatic nitrogens is 4. The molecule has 2 aromatic rings. The van der Waals surface area contributed by atoms with Crippen LogP contribution >= 0.6 is 11.6 Å². The van der Waals surface area contributed by atoms with Gasteiger partial charge in [0.05, 0.1) is 6.04 Å². The molecule has 1 aliphatic heterocycles. The Morgan fingerprint density at radius 1 is 1.30 bits per heavy atom. The highest BCUT2D eigenvalue weighted by molar-refractivity contribution is 6.35. The van der Waals surface area contributed by atoms with Gasteiger partial charge in [0.1, 0.15) is 17.2 Å². The van der Waals surface area contributed by atoms with Crippen LogP contribution in [0.4, 0.5) is 24.8 Å². The number of hydrogen-bond donors (Lipinski definition) is 1. The first-order chi connectivity index (χ1) is 10.9. The van der Waals surface area contributed by atoms with Crippen molar-refractivity contribution >= 4 is 23.2 Å². The molecule has 1 atom stereocenters. The van der Waals surface area contributed by atoms with E-state index in [1.54, 1.807) is 0 Å². The van der Waals surface area contributed by atoms with Crippen molar-refractivity contribution in [2.24, 2.45) is 0 Å². The van der Waals surface area contributed by atoms with E-state index in [1.807, 2.05) is 4.90 Å². The molecular formula is C13H14ClF3N6. The second kappa shape index (κ2) is 5.88. The lowest BCUT2D eigenvalue weighted by Crippen LogP contribution is -2.37. The summed E-state index contributed by atoms with van der Waals surface area (Å²) in [6.07, 6.45) is -0.257. The molecule has 1 saturated heterocycles. The third kappa shape index (κ3) is 3.19. The van der Waals surface area contributed by atoms with Crippen molar-refractivity contribution < 1.29 is 13.2 Å². The van der Waals surface area contributed by atoms with E-state index >= 15 is 0 Å². The largest absolute Gasteiger partial charge is 0.435 e. The van der Waals surface area contributed by atoms with Crippen LogP contribution in [-0.4, -0.2) is 32.8 Å². The number of nitrogens with two attached hydrogens (primary N) is 1. The SMILES string of the molecule is Nc1ncnc(N2CCC[C@@H](n3ccc(C(F)(F)F)n3)C2)c1Cl. The Hall–Kier alpha value is -2.03. The molecule has 0 aromatic carbocycles. The Bertz CT molecular complexity index is 701. The van der Waals surface area contributed by atoms with Crippen molar-refractivity contribution in [3.63, 3.8) is 0 Å². The Morgan fingerprint density at radius 2 is 2.09 bits per heavy atom. The number of nitrogens with zero attached hydrogens (tertiary/aromatic N) is 5. The number of hydrogen-bond acceptors (Lipinski definition) is 5. The molecule has 6 nitrogen and oxygen atoms in total. The van der Waals surface area contributed by atoms with E-state index in [0.717, 1.165) is 18.9 Å². The lowest BCUT2D eigenvalue weighted by Gasteiger charge is -2.34. The number of nitrogen functional groups attached to an aromatic ring is 1. The van der Waals surface area contributed by atoms with Crippen LogP contribution in [0, 0.1) is 0 Å². The van der Waals surface area contributed by atoms with E-state index < -0.39 is 11.9 Å². The Balaban J connectivity index is 1.81. The maximum absolute atomic E-state index is 12.7. The molecule has 1 fully saturated rings. The lowest BCUT2D eigenvalue weighted by molar-refractivity contribution is -0.141. The van der Waals surface area contributed by atoms with Gasteiger partial charge >= 0.3 is 6.18 Å². The summed E-state index contributed by atoms with van der Waals surface area (Å²) in [5, 5.41) is 3.90. The average molecular weight is 347 g/mol. The summed E-state index contributed by atoms with van der Waals surface area (Å²) in [4.78, 5) is 9.83. The van der Waals surface area contributed by atoms with Crippen molar-refractivity contribution in [1.29, 1.82) is 0 Å². The van der Waals surface area contributed by atoms with Crippen molar-refractivity contribution in [1.82, 2.24) is 19.7 Å². The zero-order chi connectivity index (χ0) is 16.6. The number of piperidine rings is 1. The van der Waals surface area contributed by atoms with Gasteiger partial charge in [-0.05, 0) is 18.9 Å². The molecule has 3 rings (SSSR count). The molecule has 23 heavy (non-hydrogen) atoms. The zero-order valence-electron chi connectivity index (χ0n) is 12.0. The molecule has 0 bridgehead atoms. The Morgan fingerprint density at radius 3 is 2.78 bits per heavy atom. The van der Waals surface area contributed by atoms with Gasteiger partial charge in [-0.25, -0.2) is 9.97 Å². The maximum atomic E-state index is 12.7. The molecule has 124 valence electrons. The highest BCUT2D eigenvalue weighted by Crippen LogP contribution is 2.33. The van der Waals surface area contributed by atoms with Gasteiger partial charge in [0, 0.05) is 19.3 Å². The summed E-state index contributed by atoms with van der Waals surface area (Å²) < 4.78 is 39.4. The molecule has 0 saturated carbocycles. The van der Waals surface area contributed by atoms with Crippen LogP contribution in [-0.2, 0) is 6.18 Å². The van der Waals surface area contributed by atoms with Gasteiger partial charge in [-0.2, -0.15) is 18.3 Å². The number of rotatable bonds is 2. The minimum absolute atomic E-state index is 0.178. The fraction of sp³-hybridized carbons (Fsp3) is 0.462. The summed E-state index contributed by atoms with van der Waals surface area (Å²) in [5.41, 5.74) is 4.78. The summed E-state index contributed by atoms with van der Waals surface area (Å²) >= 11 is 6.12. The predicted octanol–water partition coefficient (Wildman–Crippen LogP) is 2.77. The molecule has 10 heteroatoms. The van der Waals surface area contributed by atoms with Crippen LogP contribution in [0.15, 0.2) is 18.6 Å². The van der Waals surface area contributed by atoms with Crippen LogP contribution in [0.5, 0.6) is 0 Å². The summed E-state index contributed by atoms with van der Waals surface area (Å²) in [5.74, 6) is 0.671. The van der Waals surface area contributed by atoms with Crippen LogP contribution in [0.1, 0.15) is 24.6 Å². The second-order valence-electron chi connectivity index (χ2n) is 5.32. The highest BCUT2D eigenvalue weighted by atomic mass is 35.5. The predicted molar refractivity (Wildman–Crippen MR) is 79.2 cm³/mol. The minimum Gasteiger partial charge on any atom is -0.382 e. The second-order valence-corrected chi connectivity index (χ2v) is 5.70. The Labute approximate surface area is 135 Å². The molecule has 1 aliphatic rings. The summed E-state index contributed by atoms with van der Waals surface area (Å²) in [6.45, 7) is 1.15. The van der Waals surface area contributed by atoms with Gasteiger partial charge in [0.2, 0.25) is 0 Å². The molecule has 0 radical (unpaired) electrons. The van der Waals surface area contributed by atoms with E-state index in [4.69, 9.17) is 17.3 Å². The maximum Gasteiger partial charge on any atom is 0.435 e. The third-order valence-electron chi connectivity index (χ3n) is 3.77. The Kier molecular flexibility index (Phi) is 4.05. The van der Waals surface area contributed by atoms with Crippen LogP contribution < -0.4 is 10.6 Å². The highest BCUT2D eigenvalue weighted by Gasteiger charge is 2.34. The van der Waals surface area contributed by atoms with Gasteiger partial charge in [0.25, 0.3) is 0 Å². The molecule has 2 aromatic heterocycles. The third-order valence-corrected chi connectivity index (χ3v) is 4.13. The van der Waals surface area contributed by atoms with Gasteiger partial charge in [-0.15, -0.1) is 0 Å². The van der Waals surface area contributed by atoms with Crippen molar-refractivity contribution in [2.75, 3.05) is 23.7 Å². The van der Waals surface area contributed by atoms with Gasteiger partial charge in [0.15, 0.2) is 11.5 Å². The first-order valence-electron chi connectivity index (χ1n) is 6.99. The standard InChI is InChI=1S/C13H14ClF3N6/c14-10-11(18)19-7-20-12(10)22-4-1-2-8(6-22)23-5-3-9(21-23)13(15,16)17/h3,5,7-8H,1-2,4,6H2,(H2,18,19,20)/t8-/m1/s1. The fourth-order valence-electron chi connectivity index (χ4n) is 2.65. The number of anilines is 2. The van der Waals surface area contributed by atoms with Crippen molar-refractivity contribution in [3.8, 4) is 0 Å². The number of alkyl halides is 3. The average Bonchev–Trinajstić information content (AvgIpc) is 3.00. The first-order valence-corrected chi connectivity index (χ1v) is 7.37. The minimum atomic E-state index is -4.44. The van der Waals surface area contributed by atoms with E-state index in [-0.39, 0.29) is 16.9 Å². The van der Waals surface area contributed by atoms with Crippen molar-refractivity contribution in [2.45, 2.75) is 25.1 Å².